The van der Waals surface area contributed by atoms with E-state index >= 15 is 0 Å². The second-order valence-electron chi connectivity index (χ2n) is 4.82. The molecule has 0 saturated heterocycles. The molecule has 128 valence electrons. The number of nitrogens with two attached hydrogens (primary N) is 1. The Kier molecular flexibility index (Phi) is 9.79. The van der Waals surface area contributed by atoms with Crippen molar-refractivity contribution < 1.29 is 19.4 Å². The van der Waals surface area contributed by atoms with Crippen LogP contribution < -0.4 is 15.4 Å². The summed E-state index contributed by atoms with van der Waals surface area (Å²) in [6.07, 6.45) is -0.0951. The molecule has 1 aromatic carbocycles. The number of hydrogen-bond acceptors (Lipinski definition) is 5. The van der Waals surface area contributed by atoms with Gasteiger partial charge in [0.15, 0.2) is 0 Å². The number of benzene rings is 1. The lowest BCUT2D eigenvalue weighted by Gasteiger charge is -2.23. The Labute approximate surface area is 163 Å². The molecule has 1 atom stereocenters. The van der Waals surface area contributed by atoms with E-state index in [4.69, 9.17) is 15.6 Å². The van der Waals surface area contributed by atoms with E-state index in [9.17, 15) is 9.59 Å². The second-order valence-corrected chi connectivity index (χ2v) is 6.98. The van der Waals surface area contributed by atoms with Gasteiger partial charge in [0.25, 0.3) is 0 Å². The van der Waals surface area contributed by atoms with Gasteiger partial charge in [-0.25, -0.2) is 4.79 Å². The van der Waals surface area contributed by atoms with Gasteiger partial charge in [0.1, 0.15) is 11.8 Å². The summed E-state index contributed by atoms with van der Waals surface area (Å²) in [6, 6.07) is 6.34. The van der Waals surface area contributed by atoms with E-state index in [1.165, 1.54) is 0 Å². The van der Waals surface area contributed by atoms with E-state index in [1.807, 2.05) is 12.1 Å². The molecule has 0 aliphatic heterocycles. The Morgan fingerprint density at radius 2 is 1.74 bits per heavy atom. The van der Waals surface area contributed by atoms with Crippen molar-refractivity contribution in [2.24, 2.45) is 5.73 Å². The van der Waals surface area contributed by atoms with Gasteiger partial charge >= 0.3 is 11.9 Å². The smallest absolute Gasteiger partial charge is 0.328 e. The predicted molar refractivity (Wildman–Crippen MR) is 107 cm³/mol. The maximum absolute atomic E-state index is 11.8. The molecule has 0 bridgehead atoms. The van der Waals surface area contributed by atoms with Gasteiger partial charge in [-0.05, 0) is 30.7 Å². The molecular weight excluding hydrogens is 526 g/mol. The van der Waals surface area contributed by atoms with Gasteiger partial charge in [0.2, 0.25) is 0 Å². The second kappa shape index (κ2) is 11.0. The average molecular weight is 546 g/mol. The van der Waals surface area contributed by atoms with E-state index < -0.39 is 18.0 Å². The highest BCUT2D eigenvalue weighted by Gasteiger charge is 2.17. The minimum Gasteiger partial charge on any atom is -0.481 e. The molecule has 0 spiro atoms. The van der Waals surface area contributed by atoms with Crippen LogP contribution in [0.1, 0.15) is 12.8 Å². The van der Waals surface area contributed by atoms with Gasteiger partial charge in [-0.15, -0.1) is 0 Å². The van der Waals surface area contributed by atoms with Crippen LogP contribution in [0.4, 0.5) is 5.69 Å². The summed E-state index contributed by atoms with van der Waals surface area (Å²) in [7, 11) is 0. The van der Waals surface area contributed by atoms with Crippen LogP contribution in [0.5, 0.6) is 5.75 Å². The summed E-state index contributed by atoms with van der Waals surface area (Å²) in [4.78, 5) is 24.5. The summed E-state index contributed by atoms with van der Waals surface area (Å²) < 4.78 is 7.25. The van der Waals surface area contributed by atoms with E-state index in [-0.39, 0.29) is 12.8 Å². The fourth-order valence-electron chi connectivity index (χ4n) is 1.89. The Bertz CT molecular complexity index is 505. The molecule has 1 aromatic rings. The minimum absolute atomic E-state index is 0.0609. The summed E-state index contributed by atoms with van der Waals surface area (Å²) >= 11 is 4.68. The van der Waals surface area contributed by atoms with Crippen molar-refractivity contribution in [2.45, 2.75) is 18.9 Å². The average Bonchev–Trinajstić information content (AvgIpc) is 2.53. The van der Waals surface area contributed by atoms with E-state index in [1.54, 1.807) is 12.1 Å². The Morgan fingerprint density at radius 1 is 1.17 bits per heavy atom. The highest BCUT2D eigenvalue weighted by Crippen LogP contribution is 2.20. The summed E-state index contributed by atoms with van der Waals surface area (Å²) in [5, 5.41) is 8.59. The molecule has 8 heteroatoms. The molecule has 0 aromatic heterocycles. The van der Waals surface area contributed by atoms with Gasteiger partial charge < -0.3 is 20.5 Å². The van der Waals surface area contributed by atoms with Crippen molar-refractivity contribution in [1.82, 2.24) is 0 Å². The standard InChI is InChI=1S/C15H20I2N2O4/c16-7-9-19(10-8-17)11-1-3-12(4-2-11)23-15(22)13(18)5-6-14(20)21/h1-4,13H,5-10,18H2,(H,20,21)/t13-/m0/s1. The molecule has 0 fully saturated rings. The van der Waals surface area contributed by atoms with Crippen LogP contribution in [0.2, 0.25) is 0 Å². The summed E-state index contributed by atoms with van der Waals surface area (Å²) in [5.41, 5.74) is 6.70. The number of carbonyl (C=O) groups excluding carboxylic acids is 1. The van der Waals surface area contributed by atoms with E-state index in [0.717, 1.165) is 27.6 Å². The van der Waals surface area contributed by atoms with Crippen LogP contribution >= 0.6 is 45.2 Å². The lowest BCUT2D eigenvalue weighted by atomic mass is 10.2. The quantitative estimate of drug-likeness (QED) is 0.203. The summed E-state index contributed by atoms with van der Waals surface area (Å²) in [5.74, 6) is -1.19. The number of anilines is 1. The first kappa shape index (κ1) is 20.4. The van der Waals surface area contributed by atoms with Gasteiger partial charge in [-0.2, -0.15) is 0 Å². The number of esters is 1. The molecule has 0 amide bonds. The first-order valence-electron chi connectivity index (χ1n) is 7.14. The molecule has 0 heterocycles. The number of carboxylic acid groups (broad SMARTS) is 1. The molecular formula is C15H20I2N2O4. The lowest BCUT2D eigenvalue weighted by molar-refractivity contribution is -0.138. The first-order valence-corrected chi connectivity index (χ1v) is 10.2. The number of rotatable bonds is 10. The number of halogens is 2. The fourth-order valence-corrected chi connectivity index (χ4v) is 3.05. The first-order chi connectivity index (χ1) is 11.0. The Hall–Kier alpha value is -0.620. The van der Waals surface area contributed by atoms with Gasteiger partial charge in [-0.3, -0.25) is 4.79 Å². The van der Waals surface area contributed by atoms with Crippen LogP contribution in [0, 0.1) is 0 Å². The third-order valence-electron chi connectivity index (χ3n) is 3.10. The van der Waals surface area contributed by atoms with Crippen LogP contribution in [0.3, 0.4) is 0 Å². The SMILES string of the molecule is N[C@@H](CCC(=O)O)C(=O)Oc1ccc(N(CCI)CCI)cc1. The molecule has 6 nitrogen and oxygen atoms in total. The molecule has 0 aliphatic carbocycles. The number of nitrogens with zero attached hydrogens (tertiary/aromatic N) is 1. The molecule has 0 saturated carbocycles. The van der Waals surface area contributed by atoms with Crippen molar-refractivity contribution in [1.29, 1.82) is 0 Å². The Morgan fingerprint density at radius 3 is 2.22 bits per heavy atom. The number of carbonyl (C=O) groups is 2. The largest absolute Gasteiger partial charge is 0.481 e. The van der Waals surface area contributed by atoms with E-state index in [0.29, 0.717) is 5.75 Å². The van der Waals surface area contributed by atoms with Crippen molar-refractivity contribution in [2.75, 3.05) is 26.8 Å². The number of ether oxygens (including phenoxy) is 1. The monoisotopic (exact) mass is 546 g/mol. The van der Waals surface area contributed by atoms with Crippen LogP contribution in [-0.4, -0.2) is 45.0 Å². The van der Waals surface area contributed by atoms with Crippen molar-refractivity contribution in [3.05, 3.63) is 24.3 Å². The number of aliphatic carboxylic acids is 1. The summed E-state index contributed by atoms with van der Waals surface area (Å²) in [6.45, 7) is 1.92. The van der Waals surface area contributed by atoms with Gasteiger partial charge in [-0.1, -0.05) is 45.2 Å². The highest BCUT2D eigenvalue weighted by atomic mass is 127. The molecule has 23 heavy (non-hydrogen) atoms. The topological polar surface area (TPSA) is 92.9 Å². The van der Waals surface area contributed by atoms with Crippen molar-refractivity contribution in [3.8, 4) is 5.75 Å². The van der Waals surface area contributed by atoms with Crippen molar-refractivity contribution >= 4 is 62.8 Å². The molecule has 0 unspecified atom stereocenters. The van der Waals surface area contributed by atoms with Crippen LogP contribution in [0.15, 0.2) is 24.3 Å². The number of hydrogen-bond donors (Lipinski definition) is 2. The fraction of sp³-hybridized carbons (Fsp3) is 0.467. The zero-order chi connectivity index (χ0) is 17.2. The maximum atomic E-state index is 11.8. The van der Waals surface area contributed by atoms with Gasteiger partial charge in [0.05, 0.1) is 0 Å². The zero-order valence-corrected chi connectivity index (χ0v) is 16.9. The third kappa shape index (κ3) is 7.66. The molecule has 0 radical (unpaired) electrons. The molecule has 3 N–H and O–H groups in total. The molecule has 1 rings (SSSR count). The highest BCUT2D eigenvalue weighted by molar-refractivity contribution is 14.1. The van der Waals surface area contributed by atoms with Crippen LogP contribution in [-0.2, 0) is 9.59 Å². The normalized spacial score (nSPS) is 11.8. The Balaban J connectivity index is 2.62. The number of alkyl halides is 2. The van der Waals surface area contributed by atoms with Crippen LogP contribution in [0.25, 0.3) is 0 Å². The number of carboxylic acids is 1. The third-order valence-corrected chi connectivity index (χ3v) is 4.07. The predicted octanol–water partition coefficient (Wildman–Crippen LogP) is 2.46. The zero-order valence-electron chi connectivity index (χ0n) is 12.6. The van der Waals surface area contributed by atoms with Gasteiger partial charge in [0, 0.05) is 34.1 Å². The van der Waals surface area contributed by atoms with E-state index in [2.05, 4.69) is 50.1 Å². The van der Waals surface area contributed by atoms with Crippen molar-refractivity contribution in [3.63, 3.8) is 0 Å². The maximum Gasteiger partial charge on any atom is 0.328 e. The minimum atomic E-state index is -0.983. The lowest BCUT2D eigenvalue weighted by Crippen LogP contribution is -2.34. The molecule has 0 aliphatic rings.